The molecule has 1 aliphatic heterocycles. The van der Waals surface area contributed by atoms with Gasteiger partial charge in [0.25, 0.3) is 0 Å². The molecule has 3 aliphatic rings. The third-order valence-corrected chi connectivity index (χ3v) is 21.2. The van der Waals surface area contributed by atoms with Gasteiger partial charge in [0.05, 0.1) is 8.07 Å². The van der Waals surface area contributed by atoms with E-state index < -0.39 is 8.07 Å². The van der Waals surface area contributed by atoms with Crippen LogP contribution in [0.4, 0.5) is 0 Å². The number of aryl methyl sites for hydroxylation is 6. The molecule has 0 bridgehead atoms. The molecule has 0 saturated carbocycles. The van der Waals surface area contributed by atoms with Gasteiger partial charge in [0.15, 0.2) is 0 Å². The molecule has 1 fully saturated rings. The zero-order valence-corrected chi connectivity index (χ0v) is 39.7. The van der Waals surface area contributed by atoms with Crippen LogP contribution in [0.1, 0.15) is 149 Å². The summed E-state index contributed by atoms with van der Waals surface area (Å²) in [6, 6.07) is 31.2. The molecule has 3 heteroatoms. The summed E-state index contributed by atoms with van der Waals surface area (Å²) in [5.74, 6) is 4.11. The lowest BCUT2D eigenvalue weighted by Crippen LogP contribution is -2.53. The van der Waals surface area contributed by atoms with E-state index in [9.17, 15) is 0 Å². The number of rotatable bonds is 6. The van der Waals surface area contributed by atoms with Gasteiger partial charge in [-0.2, -0.15) is 0 Å². The fourth-order valence-electron chi connectivity index (χ4n) is 11.0. The number of fused-ring (bicyclic) bond motifs is 2. The minimum Gasteiger partial charge on any atom is -0.461 e. The van der Waals surface area contributed by atoms with Crippen LogP contribution < -0.4 is 0 Å². The predicted octanol–water partition coefficient (Wildman–Crippen LogP) is 16.2. The van der Waals surface area contributed by atoms with Gasteiger partial charge in [0.2, 0.25) is 0 Å². The zero-order valence-electron chi connectivity index (χ0n) is 38.7. The average Bonchev–Trinajstić information content (AvgIpc) is 3.92. The van der Waals surface area contributed by atoms with Crippen LogP contribution in [0, 0.1) is 55.4 Å². The molecule has 0 spiro atoms. The van der Waals surface area contributed by atoms with E-state index in [-0.39, 0.29) is 21.9 Å². The molecule has 2 nitrogen and oxygen atoms in total. The standard InChI is InChI=1S/C57H64O2Si/c1-32-26-46-44(52(36(32)5)40-16-20-42(21-17-40)56(9,10)11)30-48(50-28-34(3)38(7)58-50)54(46)60(24-15-25-60)55-47-27-33(2)37(6)53(41-18-22-43(23-19-41)57(12,13)14)45(47)31-49(55)51-29-35(4)39(8)59-51/h16-23,26-31,54-55H,15,24-25H2,1-14H3. The number of hydrogen-bond donors (Lipinski definition) is 0. The Morgan fingerprint density at radius 3 is 1.13 bits per heavy atom. The third-order valence-electron chi connectivity index (χ3n) is 15.1. The van der Waals surface area contributed by atoms with Gasteiger partial charge in [0.1, 0.15) is 23.0 Å². The van der Waals surface area contributed by atoms with E-state index in [4.69, 9.17) is 8.83 Å². The number of benzene rings is 4. The minimum absolute atomic E-state index is 0.0953. The van der Waals surface area contributed by atoms with Gasteiger partial charge in [0, 0.05) is 22.2 Å². The fourth-order valence-corrected chi connectivity index (χ4v) is 17.0. The molecule has 1 saturated heterocycles. The van der Waals surface area contributed by atoms with E-state index in [1.807, 2.05) is 0 Å². The van der Waals surface area contributed by atoms with E-state index in [1.54, 1.807) is 0 Å². The smallest absolute Gasteiger partial charge is 0.130 e. The van der Waals surface area contributed by atoms with Crippen molar-refractivity contribution in [1.82, 2.24) is 0 Å². The van der Waals surface area contributed by atoms with Crippen molar-refractivity contribution in [2.75, 3.05) is 0 Å². The minimum atomic E-state index is -2.34. The Morgan fingerprint density at radius 1 is 0.483 bits per heavy atom. The van der Waals surface area contributed by atoms with Crippen LogP contribution in [-0.4, -0.2) is 8.07 Å². The summed E-state index contributed by atoms with van der Waals surface area (Å²) in [5, 5.41) is 0. The highest BCUT2D eigenvalue weighted by Crippen LogP contribution is 2.65. The molecule has 60 heavy (non-hydrogen) atoms. The molecule has 6 aromatic rings. The summed E-state index contributed by atoms with van der Waals surface area (Å²) >= 11 is 0. The maximum absolute atomic E-state index is 6.81. The van der Waals surface area contributed by atoms with Crippen molar-refractivity contribution in [3.05, 3.63) is 163 Å². The van der Waals surface area contributed by atoms with E-state index in [2.05, 4.69) is 182 Å². The van der Waals surface area contributed by atoms with Crippen molar-refractivity contribution >= 4 is 31.4 Å². The summed E-state index contributed by atoms with van der Waals surface area (Å²) in [5.41, 5.74) is 25.3. The monoisotopic (exact) mass is 808 g/mol. The molecule has 308 valence electrons. The maximum Gasteiger partial charge on any atom is 0.130 e. The molecule has 3 heterocycles. The first kappa shape index (κ1) is 40.5. The Kier molecular flexibility index (Phi) is 9.52. The Morgan fingerprint density at radius 2 is 0.850 bits per heavy atom. The quantitative estimate of drug-likeness (QED) is 0.157. The van der Waals surface area contributed by atoms with Crippen LogP contribution >= 0.6 is 0 Å². The van der Waals surface area contributed by atoms with Gasteiger partial charge >= 0.3 is 0 Å². The number of furan rings is 2. The van der Waals surface area contributed by atoms with E-state index in [1.165, 1.54) is 119 Å². The van der Waals surface area contributed by atoms with Crippen molar-refractivity contribution in [3.8, 4) is 22.3 Å². The van der Waals surface area contributed by atoms with Gasteiger partial charge in [-0.1, -0.05) is 121 Å². The van der Waals surface area contributed by atoms with Crippen LogP contribution in [0.5, 0.6) is 0 Å². The fraction of sp³-hybridized carbons (Fsp3) is 0.368. The molecule has 0 radical (unpaired) electrons. The summed E-state index contributed by atoms with van der Waals surface area (Å²) < 4.78 is 13.6. The van der Waals surface area contributed by atoms with Crippen molar-refractivity contribution < 1.29 is 8.83 Å². The highest BCUT2D eigenvalue weighted by atomic mass is 28.3. The van der Waals surface area contributed by atoms with Crippen LogP contribution in [0.2, 0.25) is 12.1 Å². The zero-order chi connectivity index (χ0) is 42.8. The maximum atomic E-state index is 6.81. The van der Waals surface area contributed by atoms with Crippen LogP contribution in [0.25, 0.3) is 45.6 Å². The number of hydrogen-bond acceptors (Lipinski definition) is 2. The Bertz CT molecular complexity index is 2530. The first-order valence-electron chi connectivity index (χ1n) is 22.4. The lowest BCUT2D eigenvalue weighted by atomic mass is 9.84. The molecule has 2 aromatic heterocycles. The summed E-state index contributed by atoms with van der Waals surface area (Å²) in [6.45, 7) is 31.8. The molecular formula is C57H64O2Si. The van der Waals surface area contributed by atoms with E-state index in [0.717, 1.165) is 23.0 Å². The largest absolute Gasteiger partial charge is 0.461 e. The van der Waals surface area contributed by atoms with Gasteiger partial charge in [-0.25, -0.2) is 0 Å². The molecule has 0 N–H and O–H groups in total. The summed E-state index contributed by atoms with van der Waals surface area (Å²) in [6.07, 6.45) is 6.38. The second-order valence-electron chi connectivity index (χ2n) is 20.9. The van der Waals surface area contributed by atoms with Gasteiger partial charge in [-0.05, 0) is 180 Å². The lowest BCUT2D eigenvalue weighted by molar-refractivity contribution is 0.516. The van der Waals surface area contributed by atoms with Crippen molar-refractivity contribution in [2.24, 2.45) is 0 Å². The molecule has 2 unspecified atom stereocenters. The second kappa shape index (κ2) is 14.1. The highest BCUT2D eigenvalue weighted by molar-refractivity contribution is 6.88. The average molecular weight is 809 g/mol. The topological polar surface area (TPSA) is 26.3 Å². The molecular weight excluding hydrogens is 745 g/mol. The van der Waals surface area contributed by atoms with Gasteiger partial charge in [-0.15, -0.1) is 0 Å². The lowest BCUT2D eigenvalue weighted by Gasteiger charge is -2.51. The van der Waals surface area contributed by atoms with Crippen LogP contribution in [0.15, 0.2) is 81.6 Å². The SMILES string of the molecule is Cc1cc(C2=Cc3c(cc(C)c(C)c3-c3ccc(C(C)(C)C)cc3)C2[Si]2(C3C(c4cc(C)c(C)o4)=Cc4c3cc(C)c(C)c4-c3ccc(C(C)(C)C)cc3)CCC2)oc1C. The second-order valence-corrected chi connectivity index (χ2v) is 25.5. The normalized spacial score (nSPS) is 18.3. The molecule has 2 aliphatic carbocycles. The Balaban J connectivity index is 1.30. The third kappa shape index (κ3) is 6.32. The van der Waals surface area contributed by atoms with E-state index >= 15 is 0 Å². The van der Waals surface area contributed by atoms with Crippen molar-refractivity contribution in [2.45, 2.75) is 137 Å². The van der Waals surface area contributed by atoms with E-state index in [0.29, 0.717) is 0 Å². The van der Waals surface area contributed by atoms with Gasteiger partial charge in [-0.3, -0.25) is 0 Å². The van der Waals surface area contributed by atoms with Crippen molar-refractivity contribution in [3.63, 3.8) is 0 Å². The molecule has 9 rings (SSSR count). The Labute approximate surface area is 360 Å². The first-order valence-corrected chi connectivity index (χ1v) is 24.9. The highest BCUT2D eigenvalue weighted by Gasteiger charge is 2.59. The van der Waals surface area contributed by atoms with Crippen molar-refractivity contribution in [1.29, 1.82) is 0 Å². The molecule has 2 atom stereocenters. The first-order chi connectivity index (χ1) is 28.3. The van der Waals surface area contributed by atoms with Crippen LogP contribution in [-0.2, 0) is 10.8 Å². The predicted molar refractivity (Wildman–Crippen MR) is 258 cm³/mol. The van der Waals surface area contributed by atoms with Gasteiger partial charge < -0.3 is 8.83 Å². The summed E-state index contributed by atoms with van der Waals surface area (Å²) in [4.78, 5) is 0. The molecule has 0 amide bonds. The van der Waals surface area contributed by atoms with Crippen LogP contribution in [0.3, 0.4) is 0 Å². The summed E-state index contributed by atoms with van der Waals surface area (Å²) in [7, 11) is -2.34. The number of allylic oxidation sites excluding steroid dienone is 2. The molecule has 4 aromatic carbocycles. The Hall–Kier alpha value is -4.86.